The van der Waals surface area contributed by atoms with Crippen molar-refractivity contribution in [2.24, 2.45) is 0 Å². The second kappa shape index (κ2) is 8.28. The molecule has 1 aliphatic heterocycles. The summed E-state index contributed by atoms with van der Waals surface area (Å²) in [5.41, 5.74) is -1.18. The van der Waals surface area contributed by atoms with Crippen LogP contribution >= 0.6 is 87.2 Å². The van der Waals surface area contributed by atoms with Gasteiger partial charge in [0.15, 0.2) is 4.32 Å². The molecule has 158 valence electrons. The topological polar surface area (TPSA) is 149 Å². The van der Waals surface area contributed by atoms with Gasteiger partial charge in [-0.3, -0.25) is 0 Å². The van der Waals surface area contributed by atoms with Crippen LogP contribution in [0, 0.1) is 0 Å². The first-order valence-electron chi connectivity index (χ1n) is 7.47. The molecule has 8 nitrogen and oxygen atoms in total. The molecule has 4 N–H and O–H groups in total. The van der Waals surface area contributed by atoms with E-state index in [9.17, 15) is 39.6 Å². The predicted octanol–water partition coefficient (Wildman–Crippen LogP) is 5.02. The molecular formula is C16H6Br4O8S2. The highest BCUT2D eigenvalue weighted by molar-refractivity contribution is 9.11. The molecule has 1 aromatic carbocycles. The molecule has 0 aromatic heterocycles. The zero-order chi connectivity index (χ0) is 22.7. The Labute approximate surface area is 209 Å². The molecule has 0 amide bonds. The molecule has 1 aromatic rings. The largest absolute Gasteiger partial charge is 0.480 e. The van der Waals surface area contributed by atoms with Crippen LogP contribution in [0.15, 0.2) is 40.2 Å². The number of carbonyl (C=O) groups is 4. The third-order valence-corrected chi connectivity index (χ3v) is 11.6. The molecule has 30 heavy (non-hydrogen) atoms. The molecule has 0 fully saturated rings. The quantitative estimate of drug-likeness (QED) is 0.314. The van der Waals surface area contributed by atoms with Crippen LogP contribution < -0.4 is 0 Å². The van der Waals surface area contributed by atoms with E-state index < -0.39 is 44.2 Å². The summed E-state index contributed by atoms with van der Waals surface area (Å²) >= 11 is 14.6. The number of hydrogen-bond acceptors (Lipinski definition) is 6. The minimum absolute atomic E-state index is 0.00345. The van der Waals surface area contributed by atoms with Crippen LogP contribution in [0.1, 0.15) is 20.7 Å². The van der Waals surface area contributed by atoms with E-state index in [0.717, 1.165) is 29.6 Å². The Morgan fingerprint density at radius 3 is 1.73 bits per heavy atom. The Morgan fingerprint density at radius 2 is 1.33 bits per heavy atom. The van der Waals surface area contributed by atoms with E-state index in [2.05, 4.69) is 63.7 Å². The van der Waals surface area contributed by atoms with Gasteiger partial charge in [-0.1, -0.05) is 55.4 Å². The molecule has 2 aliphatic rings. The summed E-state index contributed by atoms with van der Waals surface area (Å²) in [6.07, 6.45) is 1.07. The molecule has 3 rings (SSSR count). The van der Waals surface area contributed by atoms with Crippen LogP contribution in [0.4, 0.5) is 0 Å². The molecule has 2 unspecified atom stereocenters. The second-order valence-electron chi connectivity index (χ2n) is 5.83. The third kappa shape index (κ3) is 3.58. The number of benzene rings is 1. The Balaban J connectivity index is 2.33. The van der Waals surface area contributed by atoms with E-state index >= 15 is 0 Å². The highest BCUT2D eigenvalue weighted by Gasteiger charge is 2.50. The number of aliphatic carboxylic acids is 2. The van der Waals surface area contributed by atoms with Crippen molar-refractivity contribution in [2.45, 2.75) is 18.9 Å². The van der Waals surface area contributed by atoms with Crippen molar-refractivity contribution >= 4 is 111 Å². The van der Waals surface area contributed by atoms with Gasteiger partial charge in [-0.25, -0.2) is 19.2 Å². The van der Waals surface area contributed by atoms with Crippen molar-refractivity contribution in [1.82, 2.24) is 0 Å². The van der Waals surface area contributed by atoms with Crippen LogP contribution in [0.2, 0.25) is 0 Å². The van der Waals surface area contributed by atoms with Crippen molar-refractivity contribution < 1.29 is 39.6 Å². The lowest BCUT2D eigenvalue weighted by atomic mass is 9.96. The molecule has 0 saturated carbocycles. The number of carboxylic acid groups (broad SMARTS) is 4. The molecular weight excluding hydrogens is 704 g/mol. The predicted molar refractivity (Wildman–Crippen MR) is 122 cm³/mol. The Morgan fingerprint density at radius 1 is 0.867 bits per heavy atom. The summed E-state index contributed by atoms with van der Waals surface area (Å²) in [7, 11) is 0. The fraction of sp³-hybridized carbons (Fsp3) is 0.125. The zero-order valence-corrected chi connectivity index (χ0v) is 21.9. The normalized spacial score (nSPS) is 22.7. The van der Waals surface area contributed by atoms with Gasteiger partial charge < -0.3 is 20.4 Å². The third-order valence-electron chi connectivity index (χ3n) is 4.11. The van der Waals surface area contributed by atoms with Crippen molar-refractivity contribution in [1.29, 1.82) is 0 Å². The zero-order valence-electron chi connectivity index (χ0n) is 13.9. The molecule has 0 bridgehead atoms. The summed E-state index contributed by atoms with van der Waals surface area (Å²) in [5, 5.41) is 38.4. The lowest BCUT2D eigenvalue weighted by Crippen LogP contribution is -2.38. The fourth-order valence-corrected chi connectivity index (χ4v) is 9.18. The number of fused-ring (bicyclic) bond motifs is 1. The molecule has 1 heterocycles. The van der Waals surface area contributed by atoms with Crippen molar-refractivity contribution in [2.75, 3.05) is 0 Å². The first-order valence-corrected chi connectivity index (χ1v) is 12.4. The van der Waals surface area contributed by atoms with Crippen LogP contribution in [-0.4, -0.2) is 53.5 Å². The van der Waals surface area contributed by atoms with Crippen molar-refractivity contribution in [3.05, 3.63) is 41.5 Å². The van der Waals surface area contributed by atoms with Gasteiger partial charge in [0.05, 0.1) is 21.5 Å². The number of thioether (sulfide) groups is 2. The number of halogens is 4. The number of hydrogen-bond donors (Lipinski definition) is 4. The Kier molecular flexibility index (Phi) is 6.58. The molecule has 14 heteroatoms. The van der Waals surface area contributed by atoms with Gasteiger partial charge in [0.25, 0.3) is 0 Å². The van der Waals surface area contributed by atoms with Crippen LogP contribution in [0.3, 0.4) is 0 Å². The average Bonchev–Trinajstić information content (AvgIpc) is 2.65. The van der Waals surface area contributed by atoms with Gasteiger partial charge in [-0.2, -0.15) is 0 Å². The smallest absolute Gasteiger partial charge is 0.337 e. The highest BCUT2D eigenvalue weighted by Crippen LogP contribution is 2.61. The maximum Gasteiger partial charge on any atom is 0.337 e. The minimum Gasteiger partial charge on any atom is -0.480 e. The lowest BCUT2D eigenvalue weighted by molar-refractivity contribution is -0.137. The van der Waals surface area contributed by atoms with E-state index in [1.165, 1.54) is 0 Å². The molecule has 0 radical (unpaired) electrons. The summed E-state index contributed by atoms with van der Waals surface area (Å²) < 4.78 is -1.89. The van der Waals surface area contributed by atoms with Gasteiger partial charge in [0, 0.05) is 28.5 Å². The average molecular weight is 710 g/mol. The van der Waals surface area contributed by atoms with Gasteiger partial charge >= 0.3 is 23.9 Å². The standard InChI is InChI=1S/C16H6Br4O8S2/c17-5-2(12(21)22)1-16(20,15(27)28)11-10(5)29-8-6(18)3(13(23)24)4(14(25)26)7(19)9(8)30-11/h1,5H,(H,21,22)(H,23,24)(H,25,26)(H,27,28). The molecule has 0 spiro atoms. The summed E-state index contributed by atoms with van der Waals surface area (Å²) in [4.78, 5) is 47.5. The maximum absolute atomic E-state index is 12.0. The van der Waals surface area contributed by atoms with E-state index in [-0.39, 0.29) is 19.4 Å². The van der Waals surface area contributed by atoms with E-state index in [4.69, 9.17) is 0 Å². The number of carboxylic acids is 4. The first-order chi connectivity index (χ1) is 13.8. The van der Waals surface area contributed by atoms with Gasteiger partial charge in [0.2, 0.25) is 0 Å². The van der Waals surface area contributed by atoms with Gasteiger partial charge in [0.1, 0.15) is 0 Å². The van der Waals surface area contributed by atoms with Gasteiger partial charge in [-0.05, 0) is 37.9 Å². The highest BCUT2D eigenvalue weighted by atomic mass is 79.9. The minimum atomic E-state index is -1.86. The number of rotatable bonds is 4. The van der Waals surface area contributed by atoms with Crippen LogP contribution in [-0.2, 0) is 9.59 Å². The Bertz CT molecular complexity index is 1130. The first kappa shape index (κ1) is 23.9. The van der Waals surface area contributed by atoms with Crippen molar-refractivity contribution in [3.63, 3.8) is 0 Å². The summed E-state index contributed by atoms with van der Waals surface area (Å²) in [5.74, 6) is -5.64. The SMILES string of the molecule is O=C(O)C1=CC(Br)(C(=O)O)C2=C(Sc3c(Br)c(C(=O)O)c(C(=O)O)c(Br)c3S2)C1Br. The number of allylic oxidation sites excluding steroid dienone is 1. The molecule has 0 saturated heterocycles. The van der Waals surface area contributed by atoms with E-state index in [1.807, 2.05) is 0 Å². The monoisotopic (exact) mass is 706 g/mol. The summed E-state index contributed by atoms with van der Waals surface area (Å²) in [6.45, 7) is 0. The molecule has 2 atom stereocenters. The Hall–Kier alpha value is -0.800. The second-order valence-corrected chi connectivity index (χ2v) is 11.7. The fourth-order valence-electron chi connectivity index (χ4n) is 2.78. The van der Waals surface area contributed by atoms with Crippen molar-refractivity contribution in [3.8, 4) is 0 Å². The molecule has 1 aliphatic carbocycles. The van der Waals surface area contributed by atoms with Crippen LogP contribution in [0.25, 0.3) is 0 Å². The summed E-state index contributed by atoms with van der Waals surface area (Å²) in [6, 6.07) is 0. The van der Waals surface area contributed by atoms with E-state index in [1.54, 1.807) is 0 Å². The number of alkyl halides is 2. The van der Waals surface area contributed by atoms with Gasteiger partial charge in [-0.15, -0.1) is 0 Å². The van der Waals surface area contributed by atoms with Crippen LogP contribution in [0.5, 0.6) is 0 Å². The number of aromatic carboxylic acids is 2. The lowest BCUT2D eigenvalue weighted by Gasteiger charge is -2.36. The maximum atomic E-state index is 12.0. The van der Waals surface area contributed by atoms with E-state index in [0.29, 0.717) is 14.7 Å².